The van der Waals surface area contributed by atoms with E-state index < -0.39 is 0 Å². The molecule has 1 amide bonds. The van der Waals surface area contributed by atoms with Crippen molar-refractivity contribution in [2.45, 2.75) is 31.9 Å². The summed E-state index contributed by atoms with van der Waals surface area (Å²) < 4.78 is 5.46. The summed E-state index contributed by atoms with van der Waals surface area (Å²) in [4.78, 5) is 13.9. The van der Waals surface area contributed by atoms with Crippen LogP contribution in [0.5, 0.6) is 0 Å². The number of likely N-dealkylation sites (tertiary alicyclic amines) is 1. The van der Waals surface area contributed by atoms with Gasteiger partial charge in [0, 0.05) is 19.6 Å². The molecule has 0 aliphatic carbocycles. The quantitative estimate of drug-likeness (QED) is 0.644. The smallest absolute Gasteiger partial charge is 0.242 e. The van der Waals surface area contributed by atoms with Gasteiger partial charge in [-0.05, 0) is 19.8 Å². The van der Waals surface area contributed by atoms with Gasteiger partial charge >= 0.3 is 0 Å². The molecule has 14 heavy (non-hydrogen) atoms. The van der Waals surface area contributed by atoms with Crippen LogP contribution in [0.4, 0.5) is 0 Å². The minimum Gasteiger partial charge on any atom is -0.375 e. The van der Waals surface area contributed by atoms with E-state index in [1.165, 1.54) is 0 Å². The number of rotatable bonds is 1. The minimum atomic E-state index is -0.123. The number of amides is 1. The Morgan fingerprint density at radius 3 is 2.79 bits per heavy atom. The second-order valence-electron chi connectivity index (χ2n) is 4.04. The van der Waals surface area contributed by atoms with Crippen molar-refractivity contribution >= 4 is 5.91 Å². The molecule has 0 spiro atoms. The predicted molar refractivity (Wildman–Crippen MR) is 53.0 cm³/mol. The van der Waals surface area contributed by atoms with Crippen molar-refractivity contribution in [2.75, 3.05) is 26.2 Å². The largest absolute Gasteiger partial charge is 0.375 e. The SMILES string of the molecule is CC1OCCNC1C(=O)N1CCCC1. The van der Waals surface area contributed by atoms with E-state index in [2.05, 4.69) is 5.32 Å². The fraction of sp³-hybridized carbons (Fsp3) is 0.900. The molecule has 2 saturated heterocycles. The highest BCUT2D eigenvalue weighted by molar-refractivity contribution is 5.82. The zero-order chi connectivity index (χ0) is 9.97. The molecule has 2 heterocycles. The second kappa shape index (κ2) is 4.28. The number of morpholine rings is 1. The van der Waals surface area contributed by atoms with Crippen LogP contribution in [0.15, 0.2) is 0 Å². The second-order valence-corrected chi connectivity index (χ2v) is 4.04. The van der Waals surface area contributed by atoms with Gasteiger partial charge in [-0.3, -0.25) is 4.79 Å². The Bertz CT molecular complexity index is 214. The third-order valence-corrected chi connectivity index (χ3v) is 3.00. The number of nitrogens with zero attached hydrogens (tertiary/aromatic N) is 1. The summed E-state index contributed by atoms with van der Waals surface area (Å²) in [7, 11) is 0. The summed E-state index contributed by atoms with van der Waals surface area (Å²) in [5.41, 5.74) is 0. The molecule has 2 fully saturated rings. The zero-order valence-corrected chi connectivity index (χ0v) is 8.66. The maximum absolute atomic E-state index is 12.0. The lowest BCUT2D eigenvalue weighted by molar-refractivity contribution is -0.138. The monoisotopic (exact) mass is 198 g/mol. The molecule has 1 N–H and O–H groups in total. The number of ether oxygens (including phenoxy) is 1. The van der Waals surface area contributed by atoms with E-state index in [0.717, 1.165) is 32.5 Å². The molecule has 0 bridgehead atoms. The van der Waals surface area contributed by atoms with E-state index in [9.17, 15) is 4.79 Å². The van der Waals surface area contributed by atoms with E-state index >= 15 is 0 Å². The van der Waals surface area contributed by atoms with Gasteiger partial charge in [-0.25, -0.2) is 0 Å². The number of nitrogens with one attached hydrogen (secondary N) is 1. The fourth-order valence-electron chi connectivity index (χ4n) is 2.14. The van der Waals surface area contributed by atoms with Gasteiger partial charge < -0.3 is 15.0 Å². The first kappa shape index (κ1) is 9.93. The van der Waals surface area contributed by atoms with Crippen LogP contribution < -0.4 is 5.32 Å². The third kappa shape index (κ3) is 1.91. The molecule has 4 heteroatoms. The van der Waals surface area contributed by atoms with Gasteiger partial charge in [-0.15, -0.1) is 0 Å². The highest BCUT2D eigenvalue weighted by Crippen LogP contribution is 2.13. The summed E-state index contributed by atoms with van der Waals surface area (Å²) >= 11 is 0. The van der Waals surface area contributed by atoms with Gasteiger partial charge in [-0.2, -0.15) is 0 Å². The molecular weight excluding hydrogens is 180 g/mol. The highest BCUT2D eigenvalue weighted by Gasteiger charge is 2.32. The average molecular weight is 198 g/mol. The van der Waals surface area contributed by atoms with Crippen molar-refractivity contribution in [1.29, 1.82) is 0 Å². The van der Waals surface area contributed by atoms with E-state index in [0.29, 0.717) is 6.61 Å². The number of hydrogen-bond acceptors (Lipinski definition) is 3. The molecule has 0 saturated carbocycles. The standard InChI is InChI=1S/C10H18N2O2/c1-8-9(11-4-7-14-8)10(13)12-5-2-3-6-12/h8-9,11H,2-7H2,1H3. The highest BCUT2D eigenvalue weighted by atomic mass is 16.5. The number of hydrogen-bond donors (Lipinski definition) is 1. The summed E-state index contributed by atoms with van der Waals surface area (Å²) in [6.45, 7) is 5.30. The fourth-order valence-corrected chi connectivity index (χ4v) is 2.14. The molecule has 4 nitrogen and oxygen atoms in total. The van der Waals surface area contributed by atoms with Crippen LogP contribution >= 0.6 is 0 Å². The Hall–Kier alpha value is -0.610. The van der Waals surface area contributed by atoms with Crippen LogP contribution in [0.2, 0.25) is 0 Å². The average Bonchev–Trinajstić information content (AvgIpc) is 2.70. The molecule has 80 valence electrons. The summed E-state index contributed by atoms with van der Waals surface area (Å²) in [5, 5.41) is 3.23. The van der Waals surface area contributed by atoms with E-state index in [1.54, 1.807) is 0 Å². The van der Waals surface area contributed by atoms with Crippen molar-refractivity contribution < 1.29 is 9.53 Å². The molecular formula is C10H18N2O2. The Labute approximate surface area is 84.6 Å². The maximum atomic E-state index is 12.0. The first-order chi connectivity index (χ1) is 6.79. The molecule has 2 unspecified atom stereocenters. The van der Waals surface area contributed by atoms with Crippen molar-refractivity contribution in [3.8, 4) is 0 Å². The van der Waals surface area contributed by atoms with Crippen LogP contribution in [0.25, 0.3) is 0 Å². The topological polar surface area (TPSA) is 41.6 Å². The van der Waals surface area contributed by atoms with Crippen molar-refractivity contribution in [1.82, 2.24) is 10.2 Å². The van der Waals surface area contributed by atoms with Gasteiger partial charge in [0.05, 0.1) is 12.7 Å². The number of carbonyl (C=O) groups excluding carboxylic acids is 1. The number of carbonyl (C=O) groups is 1. The Morgan fingerprint density at radius 2 is 2.14 bits per heavy atom. The van der Waals surface area contributed by atoms with Crippen LogP contribution in [0.1, 0.15) is 19.8 Å². The van der Waals surface area contributed by atoms with Crippen molar-refractivity contribution in [3.05, 3.63) is 0 Å². The predicted octanol–water partition coefficient (Wildman–Crippen LogP) is -0.0143. The van der Waals surface area contributed by atoms with Gasteiger partial charge in [-0.1, -0.05) is 0 Å². The van der Waals surface area contributed by atoms with Crippen LogP contribution in [0, 0.1) is 0 Å². The van der Waals surface area contributed by atoms with Crippen LogP contribution in [-0.4, -0.2) is 49.2 Å². The molecule has 2 atom stereocenters. The van der Waals surface area contributed by atoms with Gasteiger partial charge in [0.25, 0.3) is 0 Å². The van der Waals surface area contributed by atoms with Gasteiger partial charge in [0.15, 0.2) is 0 Å². The van der Waals surface area contributed by atoms with Crippen LogP contribution in [-0.2, 0) is 9.53 Å². The molecule has 2 aliphatic heterocycles. The molecule has 0 aromatic heterocycles. The van der Waals surface area contributed by atoms with E-state index in [4.69, 9.17) is 4.74 Å². The van der Waals surface area contributed by atoms with E-state index in [-0.39, 0.29) is 18.1 Å². The van der Waals surface area contributed by atoms with Gasteiger partial charge in [0.1, 0.15) is 6.04 Å². The lowest BCUT2D eigenvalue weighted by atomic mass is 10.1. The zero-order valence-electron chi connectivity index (χ0n) is 8.66. The summed E-state index contributed by atoms with van der Waals surface area (Å²) in [6.07, 6.45) is 2.30. The first-order valence-corrected chi connectivity index (χ1v) is 5.43. The van der Waals surface area contributed by atoms with E-state index in [1.807, 2.05) is 11.8 Å². The molecule has 2 aliphatic rings. The maximum Gasteiger partial charge on any atom is 0.242 e. The van der Waals surface area contributed by atoms with Gasteiger partial charge in [0.2, 0.25) is 5.91 Å². The lowest BCUT2D eigenvalue weighted by Crippen LogP contribution is -2.55. The molecule has 0 radical (unpaired) electrons. The minimum absolute atomic E-state index is 0.0110. The molecule has 2 rings (SSSR count). The van der Waals surface area contributed by atoms with Crippen molar-refractivity contribution in [2.24, 2.45) is 0 Å². The molecule has 0 aromatic carbocycles. The summed E-state index contributed by atoms with van der Waals surface area (Å²) in [6, 6.07) is -0.123. The lowest BCUT2D eigenvalue weighted by Gasteiger charge is -2.32. The van der Waals surface area contributed by atoms with Crippen molar-refractivity contribution in [3.63, 3.8) is 0 Å². The normalized spacial score (nSPS) is 33.4. The summed E-state index contributed by atoms with van der Waals surface area (Å²) in [5.74, 6) is 0.217. The third-order valence-electron chi connectivity index (χ3n) is 3.00. The molecule has 0 aromatic rings. The Kier molecular flexibility index (Phi) is 3.03. The Balaban J connectivity index is 1.94. The first-order valence-electron chi connectivity index (χ1n) is 5.43. The van der Waals surface area contributed by atoms with Crippen LogP contribution in [0.3, 0.4) is 0 Å². The Morgan fingerprint density at radius 1 is 1.43 bits per heavy atom.